The summed E-state index contributed by atoms with van der Waals surface area (Å²) in [7, 11) is 0. The molecule has 0 spiro atoms. The molecule has 0 radical (unpaired) electrons. The van der Waals surface area contributed by atoms with E-state index in [1.807, 2.05) is 30.3 Å². The first-order valence-electron chi connectivity index (χ1n) is 5.92. The number of rotatable bonds is 2. The number of thiazole rings is 1. The molecule has 3 aromatic rings. The number of hydrogen-bond acceptors (Lipinski definition) is 3. The summed E-state index contributed by atoms with van der Waals surface area (Å²) in [4.78, 5) is 4.60. The van der Waals surface area contributed by atoms with Gasteiger partial charge in [-0.05, 0) is 18.2 Å². The largest absolute Gasteiger partial charge is 0.389 e. The van der Waals surface area contributed by atoms with Crippen LogP contribution in [-0.2, 0) is 0 Å². The van der Waals surface area contributed by atoms with Gasteiger partial charge in [-0.1, -0.05) is 64.9 Å². The molecule has 0 aliphatic carbocycles. The zero-order valence-corrected chi connectivity index (χ0v) is 12.6. The first-order valence-corrected chi connectivity index (χ1v) is 7.49. The molecule has 0 saturated heterocycles. The minimum atomic E-state index is 0.589. The van der Waals surface area contributed by atoms with Gasteiger partial charge in [0.05, 0.1) is 5.02 Å². The van der Waals surface area contributed by atoms with Crippen LogP contribution in [0.15, 0.2) is 48.5 Å². The maximum Gasteiger partial charge on any atom is 0.126 e. The third-order valence-electron chi connectivity index (χ3n) is 2.86. The quantitative estimate of drug-likeness (QED) is 0.689. The summed E-state index contributed by atoms with van der Waals surface area (Å²) in [6.07, 6.45) is 0. The highest BCUT2D eigenvalue weighted by Gasteiger charge is 2.14. The van der Waals surface area contributed by atoms with Gasteiger partial charge in [0.2, 0.25) is 0 Å². The van der Waals surface area contributed by atoms with Crippen molar-refractivity contribution in [1.82, 2.24) is 4.98 Å². The summed E-state index contributed by atoms with van der Waals surface area (Å²) in [5, 5.41) is 2.70. The van der Waals surface area contributed by atoms with E-state index in [0.717, 1.165) is 16.1 Å². The second-order valence-corrected chi connectivity index (χ2v) is 6.10. The number of hydrogen-bond donors (Lipinski definition) is 1. The molecule has 20 heavy (non-hydrogen) atoms. The second-order valence-electron chi connectivity index (χ2n) is 4.22. The predicted molar refractivity (Wildman–Crippen MR) is 87.4 cm³/mol. The molecule has 0 saturated carbocycles. The van der Waals surface area contributed by atoms with Crippen molar-refractivity contribution in [3.05, 3.63) is 58.6 Å². The molecule has 0 aliphatic heterocycles. The molecule has 2 nitrogen and oxygen atoms in total. The molecule has 0 amide bonds. The highest BCUT2D eigenvalue weighted by molar-refractivity contribution is 7.19. The third-order valence-corrected chi connectivity index (χ3v) is 4.36. The van der Waals surface area contributed by atoms with E-state index >= 15 is 0 Å². The zero-order chi connectivity index (χ0) is 14.1. The standard InChI is InChI=1S/C15H10Cl2N2S/c16-10-6-7-12(17)11(8-10)13-14(18)20-15(19-13)9-4-2-1-3-5-9/h1-8H,18H2. The lowest BCUT2D eigenvalue weighted by Gasteiger charge is -2.02. The van der Waals surface area contributed by atoms with Gasteiger partial charge in [0.15, 0.2) is 0 Å². The van der Waals surface area contributed by atoms with Crippen LogP contribution in [0.2, 0.25) is 10.0 Å². The normalized spacial score (nSPS) is 10.7. The Labute approximate surface area is 130 Å². The molecular weight excluding hydrogens is 311 g/mol. The Bertz CT molecular complexity index is 754. The summed E-state index contributed by atoms with van der Waals surface area (Å²) in [6, 6.07) is 15.2. The fraction of sp³-hybridized carbons (Fsp3) is 0. The summed E-state index contributed by atoms with van der Waals surface area (Å²) in [6.45, 7) is 0. The molecule has 1 heterocycles. The number of halogens is 2. The van der Waals surface area contributed by atoms with Crippen LogP contribution in [0.1, 0.15) is 0 Å². The van der Waals surface area contributed by atoms with E-state index in [0.29, 0.717) is 20.7 Å². The average Bonchev–Trinajstić information content (AvgIpc) is 2.84. The predicted octanol–water partition coefficient (Wildman–Crippen LogP) is 5.37. The Morgan fingerprint density at radius 3 is 2.50 bits per heavy atom. The summed E-state index contributed by atoms with van der Waals surface area (Å²) < 4.78 is 0. The van der Waals surface area contributed by atoms with Gasteiger partial charge in [-0.3, -0.25) is 0 Å². The van der Waals surface area contributed by atoms with Gasteiger partial charge in [-0.15, -0.1) is 0 Å². The smallest absolute Gasteiger partial charge is 0.126 e. The monoisotopic (exact) mass is 320 g/mol. The first kappa shape index (κ1) is 13.4. The van der Waals surface area contributed by atoms with Gasteiger partial charge in [0, 0.05) is 16.1 Å². The fourth-order valence-electron chi connectivity index (χ4n) is 1.91. The van der Waals surface area contributed by atoms with Crippen LogP contribution in [0.5, 0.6) is 0 Å². The van der Waals surface area contributed by atoms with Crippen LogP contribution < -0.4 is 5.73 Å². The lowest BCUT2D eigenvalue weighted by atomic mass is 10.1. The van der Waals surface area contributed by atoms with Crippen molar-refractivity contribution in [2.24, 2.45) is 0 Å². The Balaban J connectivity index is 2.12. The van der Waals surface area contributed by atoms with Crippen LogP contribution in [0.25, 0.3) is 21.8 Å². The van der Waals surface area contributed by atoms with Crippen LogP contribution in [0.4, 0.5) is 5.00 Å². The summed E-state index contributed by atoms with van der Waals surface area (Å²) in [5.74, 6) is 0. The summed E-state index contributed by atoms with van der Waals surface area (Å²) in [5.41, 5.74) is 8.56. The van der Waals surface area contributed by atoms with Gasteiger partial charge in [-0.2, -0.15) is 0 Å². The summed E-state index contributed by atoms with van der Waals surface area (Å²) >= 11 is 13.7. The topological polar surface area (TPSA) is 38.9 Å². The van der Waals surface area contributed by atoms with Crippen molar-refractivity contribution in [1.29, 1.82) is 0 Å². The van der Waals surface area contributed by atoms with Gasteiger partial charge >= 0.3 is 0 Å². The second kappa shape index (κ2) is 5.44. The molecule has 0 fully saturated rings. The molecule has 0 aliphatic rings. The number of anilines is 1. The van der Waals surface area contributed by atoms with E-state index in [1.165, 1.54) is 11.3 Å². The Hall–Kier alpha value is -1.55. The van der Waals surface area contributed by atoms with E-state index < -0.39 is 0 Å². The third kappa shape index (κ3) is 2.52. The number of nitrogens with two attached hydrogens (primary N) is 1. The maximum absolute atomic E-state index is 6.21. The van der Waals surface area contributed by atoms with E-state index in [4.69, 9.17) is 28.9 Å². The lowest BCUT2D eigenvalue weighted by Crippen LogP contribution is -1.87. The van der Waals surface area contributed by atoms with Gasteiger partial charge in [0.1, 0.15) is 15.7 Å². The molecule has 0 bridgehead atoms. The SMILES string of the molecule is Nc1sc(-c2ccccc2)nc1-c1cc(Cl)ccc1Cl. The van der Waals surface area contributed by atoms with E-state index in [2.05, 4.69) is 4.98 Å². The van der Waals surface area contributed by atoms with Crippen LogP contribution in [0, 0.1) is 0 Å². The van der Waals surface area contributed by atoms with Gasteiger partial charge in [0.25, 0.3) is 0 Å². The van der Waals surface area contributed by atoms with Crippen molar-refractivity contribution in [3.8, 4) is 21.8 Å². The van der Waals surface area contributed by atoms with Gasteiger partial charge < -0.3 is 5.73 Å². The number of aromatic nitrogens is 1. The minimum Gasteiger partial charge on any atom is -0.389 e. The molecule has 0 unspecified atom stereocenters. The Morgan fingerprint density at radius 2 is 1.75 bits per heavy atom. The van der Waals surface area contributed by atoms with Crippen molar-refractivity contribution in [3.63, 3.8) is 0 Å². The fourth-order valence-corrected chi connectivity index (χ4v) is 3.14. The van der Waals surface area contributed by atoms with Crippen LogP contribution >= 0.6 is 34.5 Å². The molecule has 1 aromatic heterocycles. The van der Waals surface area contributed by atoms with Crippen LogP contribution in [-0.4, -0.2) is 4.98 Å². The van der Waals surface area contributed by atoms with Crippen molar-refractivity contribution >= 4 is 39.5 Å². The Morgan fingerprint density at radius 1 is 1.00 bits per heavy atom. The highest BCUT2D eigenvalue weighted by Crippen LogP contribution is 2.39. The number of nitrogens with zero attached hydrogens (tertiary/aromatic N) is 1. The number of benzene rings is 2. The van der Waals surface area contributed by atoms with Crippen molar-refractivity contribution in [2.75, 3.05) is 5.73 Å². The van der Waals surface area contributed by atoms with Crippen molar-refractivity contribution in [2.45, 2.75) is 0 Å². The molecule has 2 N–H and O–H groups in total. The average molecular weight is 321 g/mol. The minimum absolute atomic E-state index is 0.589. The lowest BCUT2D eigenvalue weighted by molar-refractivity contribution is 1.40. The maximum atomic E-state index is 6.21. The van der Waals surface area contributed by atoms with Crippen LogP contribution in [0.3, 0.4) is 0 Å². The first-order chi connectivity index (χ1) is 9.65. The van der Waals surface area contributed by atoms with E-state index in [1.54, 1.807) is 18.2 Å². The molecule has 0 atom stereocenters. The van der Waals surface area contributed by atoms with E-state index in [9.17, 15) is 0 Å². The Kier molecular flexibility index (Phi) is 3.66. The molecule has 3 rings (SSSR count). The van der Waals surface area contributed by atoms with E-state index in [-0.39, 0.29) is 0 Å². The number of nitrogen functional groups attached to an aromatic ring is 1. The molecule has 5 heteroatoms. The zero-order valence-electron chi connectivity index (χ0n) is 10.3. The highest BCUT2D eigenvalue weighted by atomic mass is 35.5. The van der Waals surface area contributed by atoms with Crippen molar-refractivity contribution < 1.29 is 0 Å². The molecule has 100 valence electrons. The molecule has 2 aromatic carbocycles. The van der Waals surface area contributed by atoms with Gasteiger partial charge in [-0.25, -0.2) is 4.98 Å². The molecular formula is C15H10Cl2N2S.